The average Bonchev–Trinajstić information content (AvgIpc) is 3.83. The number of cyclic esters (lactones) is 1. The monoisotopic (exact) mass is 864 g/mol. The highest BCUT2D eigenvalue weighted by atomic mass is 16.5. The maximum atomic E-state index is 14.6. The molecule has 6 atom stereocenters. The lowest BCUT2D eigenvalue weighted by Gasteiger charge is -2.37. The number of hydrogen-bond acceptors (Lipinski definition) is 10. The van der Waals surface area contributed by atoms with Gasteiger partial charge in [-0.1, -0.05) is 46.8 Å². The molecule has 6 bridgehead atoms. The standard InChI is InChI=1S/C49H64N6O8/c1-10-54-40-16-15-32-25-36(40)37(43(54)35-13-11-18-50-41(35)30(5)61-9)26-49(6,7)27-63-48(60)38-14-12-19-55(52-38)46(58)39(23-31-21-33(32)24-34(56)22-31)51-45(57)42(28(2)3)53(8)47(59)44-29(4)17-20-62-44/h11,13,15-16,18,21-22,24-25,28-30,38-39,42,44,52,56H,10,12,14,17,19-20,23,26-27H2,1-9H3,(H,51,57)/t29-,30-,38-,39-,42-,44?/m0/s1. The van der Waals surface area contributed by atoms with Crippen LogP contribution in [0, 0.1) is 17.3 Å². The van der Waals surface area contributed by atoms with Gasteiger partial charge in [-0.2, -0.15) is 0 Å². The summed E-state index contributed by atoms with van der Waals surface area (Å²) in [4.78, 5) is 62.9. The Labute approximate surface area is 370 Å². The number of carbonyl (C=O) groups is 4. The minimum Gasteiger partial charge on any atom is -0.508 e. The van der Waals surface area contributed by atoms with Crippen LogP contribution in [0.2, 0.25) is 0 Å². The van der Waals surface area contributed by atoms with Crippen LogP contribution in [0.15, 0.2) is 54.7 Å². The van der Waals surface area contributed by atoms with Gasteiger partial charge in [0.2, 0.25) is 5.91 Å². The Balaban J connectivity index is 1.34. The molecule has 0 spiro atoms. The number of methoxy groups -OCH3 is 1. The molecule has 63 heavy (non-hydrogen) atoms. The number of aromatic hydroxyl groups is 1. The van der Waals surface area contributed by atoms with Crippen LogP contribution in [-0.2, 0) is 52.8 Å². The zero-order valence-corrected chi connectivity index (χ0v) is 38.2. The van der Waals surface area contributed by atoms with Crippen molar-refractivity contribution in [3.8, 4) is 28.1 Å². The summed E-state index contributed by atoms with van der Waals surface area (Å²) in [6.07, 6.45) is 3.16. The van der Waals surface area contributed by atoms with E-state index >= 15 is 0 Å². The highest BCUT2D eigenvalue weighted by Gasteiger charge is 2.41. The van der Waals surface area contributed by atoms with Crippen LogP contribution in [0.25, 0.3) is 33.3 Å². The van der Waals surface area contributed by atoms with Crippen molar-refractivity contribution in [2.45, 2.75) is 117 Å². The molecule has 3 N–H and O–H groups in total. The van der Waals surface area contributed by atoms with E-state index in [4.69, 9.17) is 19.2 Å². The van der Waals surface area contributed by atoms with Gasteiger partial charge in [-0.3, -0.25) is 29.2 Å². The first-order chi connectivity index (χ1) is 30.0. The number of hydrogen-bond donors (Lipinski definition) is 3. The van der Waals surface area contributed by atoms with Gasteiger partial charge in [-0.15, -0.1) is 0 Å². The fourth-order valence-corrected chi connectivity index (χ4v) is 9.60. The number of hydrazine groups is 1. The number of phenolic OH excluding ortho intramolecular Hbond substituents is 1. The number of carbonyl (C=O) groups excluding carboxylic acids is 4. The molecule has 14 nitrogen and oxygen atoms in total. The summed E-state index contributed by atoms with van der Waals surface area (Å²) < 4.78 is 20.0. The molecule has 4 aromatic rings. The average molecular weight is 865 g/mol. The molecule has 2 saturated heterocycles. The number of rotatable bonds is 9. The van der Waals surface area contributed by atoms with Gasteiger partial charge in [0.1, 0.15) is 30.0 Å². The number of aromatic nitrogens is 2. The van der Waals surface area contributed by atoms with E-state index in [9.17, 15) is 24.3 Å². The van der Waals surface area contributed by atoms with Crippen molar-refractivity contribution in [1.29, 1.82) is 0 Å². The first-order valence-corrected chi connectivity index (χ1v) is 22.4. The smallest absolute Gasteiger partial charge is 0.324 e. The van der Waals surface area contributed by atoms with Crippen LogP contribution in [0.5, 0.6) is 5.75 Å². The molecule has 14 heteroatoms. The van der Waals surface area contributed by atoms with Crippen LogP contribution in [0.3, 0.4) is 0 Å². The zero-order valence-electron chi connectivity index (χ0n) is 38.2. The number of nitrogens with one attached hydrogen (secondary N) is 2. The van der Waals surface area contributed by atoms with Crippen LogP contribution in [0.1, 0.15) is 90.7 Å². The molecule has 2 aromatic carbocycles. The third-order valence-electron chi connectivity index (χ3n) is 13.0. The fraction of sp³-hybridized carbons (Fsp3) is 0.531. The van der Waals surface area contributed by atoms with E-state index in [0.717, 1.165) is 51.0 Å². The molecule has 3 amide bonds. The Hall–Kier alpha value is -5.31. The van der Waals surface area contributed by atoms with Crippen molar-refractivity contribution in [2.24, 2.45) is 17.3 Å². The maximum Gasteiger partial charge on any atom is 0.324 e. The van der Waals surface area contributed by atoms with Crippen LogP contribution in [0.4, 0.5) is 0 Å². The van der Waals surface area contributed by atoms with Gasteiger partial charge < -0.3 is 34.1 Å². The van der Waals surface area contributed by atoms with E-state index in [0.29, 0.717) is 44.5 Å². The molecule has 0 aliphatic carbocycles. The van der Waals surface area contributed by atoms with Gasteiger partial charge in [-0.05, 0) is 110 Å². The summed E-state index contributed by atoms with van der Waals surface area (Å²) in [6.45, 7) is 15.5. The molecule has 2 fully saturated rings. The summed E-state index contributed by atoms with van der Waals surface area (Å²) >= 11 is 0. The molecule has 1 unspecified atom stereocenters. The minimum absolute atomic E-state index is 0.00577. The normalized spacial score (nSPS) is 22.7. The number of benzene rings is 2. The summed E-state index contributed by atoms with van der Waals surface area (Å²) in [5, 5.41) is 16.7. The number of phenols is 1. The number of aryl methyl sites for hydroxylation is 1. The number of fused-ring (bicyclic) bond motifs is 6. The highest BCUT2D eigenvalue weighted by molar-refractivity contribution is 5.96. The third kappa shape index (κ3) is 9.49. The lowest BCUT2D eigenvalue weighted by atomic mass is 9.84. The number of amides is 3. The van der Waals surface area contributed by atoms with E-state index < -0.39 is 47.4 Å². The molecule has 7 rings (SSSR count). The number of likely N-dealkylation sites (N-methyl/N-ethyl adjacent to an activating group) is 1. The second-order valence-electron chi connectivity index (χ2n) is 18.7. The van der Waals surface area contributed by atoms with Crippen molar-refractivity contribution in [2.75, 3.05) is 33.9 Å². The summed E-state index contributed by atoms with van der Waals surface area (Å²) in [5.74, 6) is -1.98. The molecule has 0 radical (unpaired) electrons. The number of pyridine rings is 1. The predicted molar refractivity (Wildman–Crippen MR) is 240 cm³/mol. The third-order valence-corrected chi connectivity index (χ3v) is 13.0. The van der Waals surface area contributed by atoms with Crippen molar-refractivity contribution in [3.63, 3.8) is 0 Å². The molecule has 5 heterocycles. The predicted octanol–water partition coefficient (Wildman–Crippen LogP) is 6.36. The van der Waals surface area contributed by atoms with E-state index in [1.165, 1.54) is 9.91 Å². The van der Waals surface area contributed by atoms with E-state index in [1.807, 2.05) is 45.9 Å². The first kappa shape index (κ1) is 45.7. The SMILES string of the molecule is CCn1c(-c2cccnc2[C@H](C)OC)c2c3cc(ccc31)-c1cc(O)cc(c1)C[C@H](NC(=O)[C@H](C(C)C)N(C)C(=O)C1OCC[C@@H]1C)C(=O)N1CCC[C@H](N1)C(=O)OCC(C)(C)C2. The Morgan fingerprint density at radius 1 is 1.10 bits per heavy atom. The fourth-order valence-electron chi connectivity index (χ4n) is 9.60. The molecular formula is C49H64N6O8. The second-order valence-corrected chi connectivity index (χ2v) is 18.7. The van der Waals surface area contributed by atoms with Gasteiger partial charge in [0.25, 0.3) is 11.8 Å². The molecule has 3 aliphatic heterocycles. The molecule has 338 valence electrons. The van der Waals surface area contributed by atoms with E-state index in [-0.39, 0.29) is 42.6 Å². The van der Waals surface area contributed by atoms with Crippen molar-refractivity contribution in [3.05, 3.63) is 71.5 Å². The Morgan fingerprint density at radius 2 is 1.87 bits per heavy atom. The summed E-state index contributed by atoms with van der Waals surface area (Å²) in [5.41, 5.74) is 9.66. The van der Waals surface area contributed by atoms with Crippen molar-refractivity contribution >= 4 is 34.6 Å². The minimum atomic E-state index is -1.13. The Morgan fingerprint density at radius 3 is 2.57 bits per heavy atom. The van der Waals surface area contributed by atoms with Gasteiger partial charge >= 0.3 is 5.97 Å². The Bertz CT molecular complexity index is 2360. The number of nitrogens with zero attached hydrogens (tertiary/aromatic N) is 4. The van der Waals surface area contributed by atoms with Crippen molar-refractivity contribution < 1.29 is 38.5 Å². The van der Waals surface area contributed by atoms with Crippen molar-refractivity contribution in [1.82, 2.24) is 30.2 Å². The van der Waals surface area contributed by atoms with E-state index in [2.05, 4.69) is 54.3 Å². The second kappa shape index (κ2) is 18.8. The highest BCUT2D eigenvalue weighted by Crippen LogP contribution is 2.42. The number of esters is 1. The molecule has 0 saturated carbocycles. The van der Waals surface area contributed by atoms with Gasteiger partial charge in [-0.25, -0.2) is 5.43 Å². The van der Waals surface area contributed by atoms with Crippen LogP contribution in [-0.4, -0.2) is 106 Å². The topological polar surface area (TPSA) is 165 Å². The van der Waals surface area contributed by atoms with Gasteiger partial charge in [0.05, 0.1) is 24.1 Å². The number of ether oxygens (including phenoxy) is 3. The maximum absolute atomic E-state index is 14.6. The lowest BCUT2D eigenvalue weighted by molar-refractivity contribution is -0.155. The van der Waals surface area contributed by atoms with Crippen LogP contribution >= 0.6 is 0 Å². The molecule has 3 aliphatic rings. The summed E-state index contributed by atoms with van der Waals surface area (Å²) in [6, 6.07) is 12.7. The van der Waals surface area contributed by atoms with Gasteiger partial charge in [0.15, 0.2) is 0 Å². The van der Waals surface area contributed by atoms with Crippen LogP contribution < -0.4 is 10.7 Å². The lowest BCUT2D eigenvalue weighted by Crippen LogP contribution is -2.62. The quantitative estimate of drug-likeness (QED) is 0.161. The van der Waals surface area contributed by atoms with Gasteiger partial charge in [0, 0.05) is 68.4 Å². The summed E-state index contributed by atoms with van der Waals surface area (Å²) in [7, 11) is 3.28. The molecule has 2 aromatic heterocycles. The first-order valence-electron chi connectivity index (χ1n) is 22.4. The van der Waals surface area contributed by atoms with E-state index in [1.54, 1.807) is 32.5 Å². The Kier molecular flexibility index (Phi) is 13.6. The molecular weight excluding hydrogens is 801 g/mol. The zero-order chi connectivity index (χ0) is 45.3. The largest absolute Gasteiger partial charge is 0.508 e.